The first kappa shape index (κ1) is 16.8. The molecule has 0 aromatic heterocycles. The number of nitrogens with one attached hydrogen (secondary N) is 1. The molecule has 1 fully saturated rings. The van der Waals surface area contributed by atoms with Crippen molar-refractivity contribution >= 4 is 21.6 Å². The molecule has 1 saturated heterocycles. The van der Waals surface area contributed by atoms with Gasteiger partial charge in [-0.25, -0.2) is 0 Å². The Morgan fingerprint density at radius 3 is 2.86 bits per heavy atom. The first-order valence-electron chi connectivity index (χ1n) is 7.89. The predicted molar refractivity (Wildman–Crippen MR) is 92.7 cm³/mol. The summed E-state index contributed by atoms with van der Waals surface area (Å²) in [5.41, 5.74) is 2.57. The van der Waals surface area contributed by atoms with E-state index in [0.29, 0.717) is 11.8 Å². The standard InChI is InChI=1S/C17H27BrN2O/c1-12(2)9-19-10-14-8-15(18)4-5-16(14)20-7-6-13(3)17(20)11-21/h4-5,8,12-13,17,19,21H,6-7,9-11H2,1-3H3. The Labute approximate surface area is 136 Å². The molecule has 1 aromatic carbocycles. The maximum absolute atomic E-state index is 9.70. The van der Waals surface area contributed by atoms with E-state index in [1.54, 1.807) is 0 Å². The van der Waals surface area contributed by atoms with E-state index in [-0.39, 0.29) is 12.6 Å². The average Bonchev–Trinajstić information content (AvgIpc) is 2.79. The van der Waals surface area contributed by atoms with E-state index in [0.717, 1.165) is 30.5 Å². The summed E-state index contributed by atoms with van der Waals surface area (Å²) in [6.07, 6.45) is 1.15. The smallest absolute Gasteiger partial charge is 0.0637 e. The number of anilines is 1. The molecule has 0 amide bonds. The Kier molecular flexibility index (Phi) is 6.08. The highest BCUT2D eigenvalue weighted by atomic mass is 79.9. The van der Waals surface area contributed by atoms with Crippen molar-refractivity contribution in [3.8, 4) is 0 Å². The lowest BCUT2D eigenvalue weighted by molar-refractivity contribution is 0.244. The largest absolute Gasteiger partial charge is 0.394 e. The van der Waals surface area contributed by atoms with Crippen LogP contribution in [0.5, 0.6) is 0 Å². The van der Waals surface area contributed by atoms with Crippen LogP contribution in [0.1, 0.15) is 32.8 Å². The van der Waals surface area contributed by atoms with E-state index >= 15 is 0 Å². The monoisotopic (exact) mass is 354 g/mol. The normalized spacial score (nSPS) is 22.3. The Balaban J connectivity index is 2.18. The minimum absolute atomic E-state index is 0.232. The Morgan fingerprint density at radius 1 is 1.43 bits per heavy atom. The molecule has 2 N–H and O–H groups in total. The Morgan fingerprint density at radius 2 is 2.19 bits per heavy atom. The summed E-state index contributed by atoms with van der Waals surface area (Å²) in [5.74, 6) is 1.20. The topological polar surface area (TPSA) is 35.5 Å². The number of aliphatic hydroxyl groups is 1. The fourth-order valence-corrected chi connectivity index (χ4v) is 3.47. The van der Waals surface area contributed by atoms with Gasteiger partial charge in [0.25, 0.3) is 0 Å². The Bertz CT molecular complexity index is 464. The third-order valence-electron chi connectivity index (χ3n) is 4.29. The third kappa shape index (κ3) is 4.21. The molecule has 0 radical (unpaired) electrons. The van der Waals surface area contributed by atoms with Crippen LogP contribution in [0.15, 0.2) is 22.7 Å². The molecule has 0 bridgehead atoms. The van der Waals surface area contributed by atoms with E-state index in [2.05, 4.69) is 65.1 Å². The van der Waals surface area contributed by atoms with Crippen LogP contribution in [0.4, 0.5) is 5.69 Å². The van der Waals surface area contributed by atoms with Crippen molar-refractivity contribution in [2.75, 3.05) is 24.6 Å². The van der Waals surface area contributed by atoms with Crippen molar-refractivity contribution in [2.45, 2.75) is 39.8 Å². The summed E-state index contributed by atoms with van der Waals surface area (Å²) in [4.78, 5) is 2.38. The van der Waals surface area contributed by atoms with Gasteiger partial charge in [-0.3, -0.25) is 0 Å². The van der Waals surface area contributed by atoms with Crippen LogP contribution in [0.3, 0.4) is 0 Å². The van der Waals surface area contributed by atoms with Crippen molar-refractivity contribution < 1.29 is 5.11 Å². The first-order valence-corrected chi connectivity index (χ1v) is 8.69. The van der Waals surface area contributed by atoms with Crippen LogP contribution < -0.4 is 10.2 Å². The number of hydrogen-bond acceptors (Lipinski definition) is 3. The number of benzene rings is 1. The van der Waals surface area contributed by atoms with Gasteiger partial charge in [0.05, 0.1) is 12.6 Å². The molecule has 1 heterocycles. The summed E-state index contributed by atoms with van der Waals surface area (Å²) >= 11 is 3.57. The maximum atomic E-state index is 9.70. The van der Waals surface area contributed by atoms with Gasteiger partial charge in [0, 0.05) is 23.2 Å². The van der Waals surface area contributed by atoms with Gasteiger partial charge in [-0.2, -0.15) is 0 Å². The molecular weight excluding hydrogens is 328 g/mol. The molecule has 118 valence electrons. The summed E-state index contributed by atoms with van der Waals surface area (Å²) in [5, 5.41) is 13.2. The molecule has 2 atom stereocenters. The fourth-order valence-electron chi connectivity index (χ4n) is 3.06. The number of nitrogens with zero attached hydrogens (tertiary/aromatic N) is 1. The van der Waals surface area contributed by atoms with Gasteiger partial charge in [-0.1, -0.05) is 36.7 Å². The molecule has 0 spiro atoms. The molecule has 3 nitrogen and oxygen atoms in total. The minimum atomic E-state index is 0.232. The lowest BCUT2D eigenvalue weighted by Gasteiger charge is -2.29. The quantitative estimate of drug-likeness (QED) is 0.821. The lowest BCUT2D eigenvalue weighted by atomic mass is 10.0. The highest BCUT2D eigenvalue weighted by molar-refractivity contribution is 9.10. The van der Waals surface area contributed by atoms with E-state index in [4.69, 9.17) is 0 Å². The molecule has 0 saturated carbocycles. The van der Waals surface area contributed by atoms with Gasteiger partial charge in [0.2, 0.25) is 0 Å². The minimum Gasteiger partial charge on any atom is -0.394 e. The van der Waals surface area contributed by atoms with Crippen molar-refractivity contribution in [2.24, 2.45) is 11.8 Å². The molecular formula is C17H27BrN2O. The molecule has 1 aliphatic rings. The summed E-state index contributed by atoms with van der Waals surface area (Å²) in [6.45, 7) is 9.83. The highest BCUT2D eigenvalue weighted by Crippen LogP contribution is 2.33. The highest BCUT2D eigenvalue weighted by Gasteiger charge is 2.31. The molecule has 0 aliphatic carbocycles. The van der Waals surface area contributed by atoms with Crippen LogP contribution in [-0.4, -0.2) is 30.8 Å². The van der Waals surface area contributed by atoms with Crippen molar-refractivity contribution in [1.82, 2.24) is 5.32 Å². The second kappa shape index (κ2) is 7.61. The third-order valence-corrected chi connectivity index (χ3v) is 4.78. The SMILES string of the molecule is CC(C)CNCc1cc(Br)ccc1N1CCC(C)C1CO. The van der Waals surface area contributed by atoms with E-state index in [1.807, 2.05) is 0 Å². The fraction of sp³-hybridized carbons (Fsp3) is 0.647. The summed E-state index contributed by atoms with van der Waals surface area (Å²) in [7, 11) is 0. The van der Waals surface area contributed by atoms with Crippen LogP contribution in [-0.2, 0) is 6.54 Å². The van der Waals surface area contributed by atoms with Crippen molar-refractivity contribution in [3.63, 3.8) is 0 Å². The predicted octanol–water partition coefficient (Wildman–Crippen LogP) is 3.40. The second-order valence-corrected chi connectivity index (χ2v) is 7.42. The molecule has 1 aliphatic heterocycles. The maximum Gasteiger partial charge on any atom is 0.0637 e. The number of rotatable bonds is 6. The number of halogens is 1. The molecule has 1 aromatic rings. The lowest BCUT2D eigenvalue weighted by Crippen LogP contribution is -2.36. The van der Waals surface area contributed by atoms with Gasteiger partial charge < -0.3 is 15.3 Å². The van der Waals surface area contributed by atoms with Crippen LogP contribution >= 0.6 is 15.9 Å². The van der Waals surface area contributed by atoms with Crippen molar-refractivity contribution in [3.05, 3.63) is 28.2 Å². The van der Waals surface area contributed by atoms with Gasteiger partial charge in [0.1, 0.15) is 0 Å². The van der Waals surface area contributed by atoms with E-state index < -0.39 is 0 Å². The zero-order valence-corrected chi connectivity index (χ0v) is 14.9. The van der Waals surface area contributed by atoms with Crippen molar-refractivity contribution in [1.29, 1.82) is 0 Å². The molecule has 4 heteroatoms. The zero-order valence-electron chi connectivity index (χ0n) is 13.3. The van der Waals surface area contributed by atoms with Gasteiger partial charge in [-0.05, 0) is 48.6 Å². The molecule has 2 unspecified atom stereocenters. The zero-order chi connectivity index (χ0) is 15.4. The second-order valence-electron chi connectivity index (χ2n) is 6.51. The van der Waals surface area contributed by atoms with Crippen LogP contribution in [0, 0.1) is 11.8 Å². The number of aliphatic hydroxyl groups excluding tert-OH is 1. The van der Waals surface area contributed by atoms with Gasteiger partial charge >= 0.3 is 0 Å². The van der Waals surface area contributed by atoms with Gasteiger partial charge in [0.15, 0.2) is 0 Å². The Hall–Kier alpha value is -0.580. The molecule has 2 rings (SSSR count). The van der Waals surface area contributed by atoms with E-state index in [9.17, 15) is 5.11 Å². The summed E-state index contributed by atoms with van der Waals surface area (Å²) in [6, 6.07) is 6.71. The van der Waals surface area contributed by atoms with Crippen LogP contribution in [0.25, 0.3) is 0 Å². The number of hydrogen-bond donors (Lipinski definition) is 2. The molecule has 21 heavy (non-hydrogen) atoms. The summed E-state index contributed by atoms with van der Waals surface area (Å²) < 4.78 is 1.11. The van der Waals surface area contributed by atoms with E-state index in [1.165, 1.54) is 11.3 Å². The van der Waals surface area contributed by atoms with Gasteiger partial charge in [-0.15, -0.1) is 0 Å². The average molecular weight is 355 g/mol. The first-order chi connectivity index (χ1) is 10.0. The van der Waals surface area contributed by atoms with Crippen LogP contribution in [0.2, 0.25) is 0 Å².